The van der Waals surface area contributed by atoms with Crippen LogP contribution in [0.5, 0.6) is 0 Å². The molecule has 6 nitrogen and oxygen atoms in total. The van der Waals surface area contributed by atoms with Crippen molar-refractivity contribution in [2.75, 3.05) is 5.32 Å². The number of halogens is 1. The van der Waals surface area contributed by atoms with Crippen molar-refractivity contribution in [2.45, 2.75) is 40.3 Å². The van der Waals surface area contributed by atoms with Crippen LogP contribution in [-0.2, 0) is 11.3 Å². The molecule has 7 heteroatoms. The lowest BCUT2D eigenvalue weighted by molar-refractivity contribution is -0.119. The average molecular weight is 372 g/mol. The monoisotopic (exact) mass is 371 g/mol. The van der Waals surface area contributed by atoms with Gasteiger partial charge in [0.15, 0.2) is 0 Å². The summed E-state index contributed by atoms with van der Waals surface area (Å²) in [5.74, 6) is -0.164. The number of rotatable bonds is 5. The van der Waals surface area contributed by atoms with E-state index in [1.165, 1.54) is 5.56 Å². The lowest BCUT2D eigenvalue weighted by Gasteiger charge is -2.13. The Kier molecular flexibility index (Phi) is 5.13. The van der Waals surface area contributed by atoms with Gasteiger partial charge in [0.2, 0.25) is 5.91 Å². The quantitative estimate of drug-likeness (QED) is 0.739. The Hall–Kier alpha value is -2.60. The maximum atomic E-state index is 12.5. The Morgan fingerprint density at radius 2 is 2.08 bits per heavy atom. The van der Waals surface area contributed by atoms with Crippen molar-refractivity contribution < 1.29 is 4.79 Å². The summed E-state index contributed by atoms with van der Waals surface area (Å²) < 4.78 is 3.44. The number of carbonyl (C=O) groups is 1. The van der Waals surface area contributed by atoms with Gasteiger partial charge in [-0.05, 0) is 33.3 Å². The molecular weight excluding hydrogens is 350 g/mol. The fourth-order valence-corrected chi connectivity index (χ4v) is 3.01. The summed E-state index contributed by atoms with van der Waals surface area (Å²) in [6, 6.07) is 7.79. The third kappa shape index (κ3) is 3.80. The molecule has 0 aliphatic rings. The van der Waals surface area contributed by atoms with Gasteiger partial charge in [-0.1, -0.05) is 41.4 Å². The van der Waals surface area contributed by atoms with Gasteiger partial charge in [0.05, 0.1) is 34.8 Å². The Balaban J connectivity index is 1.68. The van der Waals surface area contributed by atoms with Gasteiger partial charge in [0, 0.05) is 6.20 Å². The SMILES string of the molecule is Cc1cccc(Cn2cc(NC(=O)C(C)n3nc(C)c(Cl)c3C)cn2)c1. The first-order chi connectivity index (χ1) is 12.3. The van der Waals surface area contributed by atoms with Crippen LogP contribution < -0.4 is 5.32 Å². The van der Waals surface area contributed by atoms with Crippen molar-refractivity contribution in [3.63, 3.8) is 0 Å². The van der Waals surface area contributed by atoms with Crippen molar-refractivity contribution >= 4 is 23.2 Å². The summed E-state index contributed by atoms with van der Waals surface area (Å²) >= 11 is 6.17. The van der Waals surface area contributed by atoms with E-state index >= 15 is 0 Å². The van der Waals surface area contributed by atoms with Gasteiger partial charge in [0.25, 0.3) is 0 Å². The van der Waals surface area contributed by atoms with Gasteiger partial charge in [-0.2, -0.15) is 10.2 Å². The normalized spacial score (nSPS) is 12.2. The zero-order valence-electron chi connectivity index (χ0n) is 15.3. The molecule has 2 heterocycles. The van der Waals surface area contributed by atoms with E-state index in [-0.39, 0.29) is 5.91 Å². The molecule has 1 atom stereocenters. The number of nitrogens with zero attached hydrogens (tertiary/aromatic N) is 4. The highest BCUT2D eigenvalue weighted by Gasteiger charge is 2.21. The van der Waals surface area contributed by atoms with Crippen molar-refractivity contribution in [1.29, 1.82) is 0 Å². The first-order valence-electron chi connectivity index (χ1n) is 8.45. The predicted octanol–water partition coefficient (Wildman–Crippen LogP) is 3.91. The average Bonchev–Trinajstić information content (AvgIpc) is 3.13. The third-order valence-electron chi connectivity index (χ3n) is 4.31. The molecule has 1 N–H and O–H groups in total. The maximum absolute atomic E-state index is 12.5. The molecule has 2 aromatic heterocycles. The number of hydrogen-bond acceptors (Lipinski definition) is 3. The van der Waals surface area contributed by atoms with E-state index in [9.17, 15) is 4.79 Å². The second kappa shape index (κ2) is 7.33. The van der Waals surface area contributed by atoms with E-state index < -0.39 is 6.04 Å². The number of aromatic nitrogens is 4. The second-order valence-electron chi connectivity index (χ2n) is 6.51. The van der Waals surface area contributed by atoms with Crippen LogP contribution in [0.3, 0.4) is 0 Å². The highest BCUT2D eigenvalue weighted by molar-refractivity contribution is 6.31. The highest BCUT2D eigenvalue weighted by atomic mass is 35.5. The van der Waals surface area contributed by atoms with Crippen molar-refractivity contribution in [3.8, 4) is 0 Å². The zero-order chi connectivity index (χ0) is 18.8. The molecule has 1 aromatic carbocycles. The second-order valence-corrected chi connectivity index (χ2v) is 6.89. The van der Waals surface area contributed by atoms with E-state index in [0.717, 1.165) is 17.0 Å². The molecule has 3 aromatic rings. The van der Waals surface area contributed by atoms with Crippen LogP contribution in [0.15, 0.2) is 36.7 Å². The number of anilines is 1. The Morgan fingerprint density at radius 3 is 2.73 bits per heavy atom. The molecule has 1 amide bonds. The molecule has 0 radical (unpaired) electrons. The van der Waals surface area contributed by atoms with Gasteiger partial charge < -0.3 is 5.32 Å². The molecule has 0 saturated heterocycles. The van der Waals surface area contributed by atoms with Crippen LogP contribution in [0.2, 0.25) is 5.02 Å². The van der Waals surface area contributed by atoms with Crippen LogP contribution in [0.1, 0.15) is 35.5 Å². The largest absolute Gasteiger partial charge is 0.322 e. The van der Waals surface area contributed by atoms with Crippen LogP contribution in [0.25, 0.3) is 0 Å². The Labute approximate surface area is 157 Å². The summed E-state index contributed by atoms with van der Waals surface area (Å²) in [5.41, 5.74) is 4.52. The highest BCUT2D eigenvalue weighted by Crippen LogP contribution is 2.23. The van der Waals surface area contributed by atoms with E-state index in [2.05, 4.69) is 40.6 Å². The smallest absolute Gasteiger partial charge is 0.249 e. The third-order valence-corrected chi connectivity index (χ3v) is 4.86. The van der Waals surface area contributed by atoms with Crippen LogP contribution >= 0.6 is 11.6 Å². The van der Waals surface area contributed by atoms with Crippen molar-refractivity contribution in [2.24, 2.45) is 0 Å². The first-order valence-corrected chi connectivity index (χ1v) is 8.83. The summed E-state index contributed by atoms with van der Waals surface area (Å²) in [7, 11) is 0. The Bertz CT molecular complexity index is 943. The minimum Gasteiger partial charge on any atom is -0.322 e. The van der Waals surface area contributed by atoms with Gasteiger partial charge in [-0.3, -0.25) is 14.2 Å². The number of aryl methyl sites for hydroxylation is 2. The lowest BCUT2D eigenvalue weighted by Crippen LogP contribution is -2.25. The molecule has 0 saturated carbocycles. The summed E-state index contributed by atoms with van der Waals surface area (Å²) in [5, 5.41) is 12.1. The molecule has 1 unspecified atom stereocenters. The molecule has 0 aliphatic carbocycles. The molecule has 136 valence electrons. The van der Waals surface area contributed by atoms with Gasteiger partial charge in [-0.25, -0.2) is 0 Å². The Morgan fingerprint density at radius 1 is 1.31 bits per heavy atom. The van der Waals surface area contributed by atoms with Gasteiger partial charge in [-0.15, -0.1) is 0 Å². The van der Waals surface area contributed by atoms with E-state index in [0.29, 0.717) is 17.3 Å². The van der Waals surface area contributed by atoms with E-state index in [1.807, 2.05) is 26.1 Å². The molecule has 26 heavy (non-hydrogen) atoms. The maximum Gasteiger partial charge on any atom is 0.249 e. The van der Waals surface area contributed by atoms with Crippen LogP contribution in [-0.4, -0.2) is 25.5 Å². The predicted molar refractivity (Wildman–Crippen MR) is 103 cm³/mol. The minimum absolute atomic E-state index is 0.164. The van der Waals surface area contributed by atoms with Gasteiger partial charge >= 0.3 is 0 Å². The number of amides is 1. The van der Waals surface area contributed by atoms with Crippen LogP contribution in [0.4, 0.5) is 5.69 Å². The lowest BCUT2D eigenvalue weighted by atomic mass is 10.1. The summed E-state index contributed by atoms with van der Waals surface area (Å²) in [4.78, 5) is 12.5. The summed E-state index contributed by atoms with van der Waals surface area (Å²) in [6.45, 7) is 8.19. The topological polar surface area (TPSA) is 64.7 Å². The molecular formula is C19H22ClN5O. The number of nitrogens with one attached hydrogen (secondary N) is 1. The van der Waals surface area contributed by atoms with E-state index in [1.54, 1.807) is 22.5 Å². The minimum atomic E-state index is -0.471. The summed E-state index contributed by atoms with van der Waals surface area (Å²) in [6.07, 6.45) is 3.47. The molecule has 0 aliphatic heterocycles. The first kappa shape index (κ1) is 18.2. The van der Waals surface area contributed by atoms with Crippen molar-refractivity contribution in [3.05, 3.63) is 64.2 Å². The molecule has 3 rings (SSSR count). The van der Waals surface area contributed by atoms with Gasteiger partial charge in [0.1, 0.15) is 6.04 Å². The molecule has 0 spiro atoms. The fraction of sp³-hybridized carbons (Fsp3) is 0.316. The van der Waals surface area contributed by atoms with E-state index in [4.69, 9.17) is 11.6 Å². The number of carbonyl (C=O) groups excluding carboxylic acids is 1. The molecule has 0 bridgehead atoms. The number of benzene rings is 1. The fourth-order valence-electron chi connectivity index (χ4n) is 2.89. The van der Waals surface area contributed by atoms with Crippen LogP contribution in [0, 0.1) is 20.8 Å². The standard InChI is InChI=1S/C19H22ClN5O/c1-12-6-5-7-16(8-12)10-24-11-17(9-21-24)22-19(26)15(4)25-14(3)18(20)13(2)23-25/h5-9,11,15H,10H2,1-4H3,(H,22,26). The molecule has 0 fully saturated rings. The zero-order valence-corrected chi connectivity index (χ0v) is 16.1. The van der Waals surface area contributed by atoms with Crippen molar-refractivity contribution in [1.82, 2.24) is 19.6 Å². The number of hydrogen-bond donors (Lipinski definition) is 1.